The molecule has 0 bridgehead atoms. The van der Waals surface area contributed by atoms with Crippen LogP contribution in [0.2, 0.25) is 5.02 Å². The molecule has 0 amide bonds. The number of nitrogen functional groups attached to an aromatic ring is 1. The third-order valence-corrected chi connectivity index (χ3v) is 3.00. The van der Waals surface area contributed by atoms with Gasteiger partial charge in [0.2, 0.25) is 0 Å². The van der Waals surface area contributed by atoms with Crippen LogP contribution >= 0.6 is 11.6 Å². The van der Waals surface area contributed by atoms with Crippen LogP contribution in [0.5, 0.6) is 0 Å². The van der Waals surface area contributed by atoms with Gasteiger partial charge in [0.05, 0.1) is 30.1 Å². The van der Waals surface area contributed by atoms with Gasteiger partial charge in [0.25, 0.3) is 0 Å². The van der Waals surface area contributed by atoms with Crippen molar-refractivity contribution in [2.45, 2.75) is 13.0 Å². The fraction of sp³-hybridized carbons (Fsp3) is 0.333. The van der Waals surface area contributed by atoms with E-state index in [0.717, 1.165) is 11.3 Å². The Morgan fingerprint density at radius 2 is 2.33 bits per heavy atom. The van der Waals surface area contributed by atoms with Gasteiger partial charge in [-0.2, -0.15) is 5.10 Å². The van der Waals surface area contributed by atoms with E-state index in [9.17, 15) is 0 Å². The molecule has 2 heterocycles. The van der Waals surface area contributed by atoms with Crippen molar-refractivity contribution in [3.05, 3.63) is 40.8 Å². The highest BCUT2D eigenvalue weighted by atomic mass is 35.5. The van der Waals surface area contributed by atoms with Gasteiger partial charge in [0, 0.05) is 25.3 Å². The van der Waals surface area contributed by atoms with Crippen molar-refractivity contribution >= 4 is 17.4 Å². The maximum absolute atomic E-state index is 6.14. The van der Waals surface area contributed by atoms with Crippen molar-refractivity contribution < 1.29 is 4.74 Å². The number of methoxy groups -OCH3 is 1. The Kier molecular flexibility index (Phi) is 4.17. The topological polar surface area (TPSA) is 66.0 Å². The predicted octanol–water partition coefficient (Wildman–Crippen LogP) is 1.75. The molecule has 5 nitrogen and oxygen atoms in total. The smallest absolute Gasteiger partial charge is 0.126 e. The second-order valence-electron chi connectivity index (χ2n) is 3.88. The Hall–Kier alpha value is -1.59. The predicted molar refractivity (Wildman–Crippen MR) is 70.6 cm³/mol. The highest BCUT2D eigenvalue weighted by Crippen LogP contribution is 2.21. The number of nitrogens with two attached hydrogens (primary N) is 1. The molecule has 0 aliphatic rings. The lowest BCUT2D eigenvalue weighted by atomic mass is 10.1. The zero-order valence-electron chi connectivity index (χ0n) is 10.1. The van der Waals surface area contributed by atoms with Crippen molar-refractivity contribution in [1.82, 2.24) is 14.8 Å². The van der Waals surface area contributed by atoms with Crippen LogP contribution in [0.1, 0.15) is 11.3 Å². The van der Waals surface area contributed by atoms with Gasteiger partial charge in [-0.05, 0) is 6.07 Å². The minimum atomic E-state index is 0.521. The summed E-state index contributed by atoms with van der Waals surface area (Å²) in [6.45, 7) is 1.26. The van der Waals surface area contributed by atoms with E-state index in [1.54, 1.807) is 19.5 Å². The Labute approximate surface area is 111 Å². The summed E-state index contributed by atoms with van der Waals surface area (Å²) >= 11 is 6.14. The minimum absolute atomic E-state index is 0.521. The molecule has 0 spiro atoms. The molecule has 0 atom stereocenters. The number of hydrogen-bond donors (Lipinski definition) is 1. The molecular weight excluding hydrogens is 252 g/mol. The number of aromatic nitrogens is 3. The van der Waals surface area contributed by atoms with Gasteiger partial charge in [0.15, 0.2) is 0 Å². The van der Waals surface area contributed by atoms with Crippen LogP contribution in [0.25, 0.3) is 0 Å². The monoisotopic (exact) mass is 266 g/mol. The van der Waals surface area contributed by atoms with Crippen LogP contribution in [0.4, 0.5) is 5.82 Å². The molecule has 2 rings (SSSR count). The summed E-state index contributed by atoms with van der Waals surface area (Å²) < 4.78 is 6.87. The Balaban J connectivity index is 2.23. The lowest BCUT2D eigenvalue weighted by Gasteiger charge is -2.08. The van der Waals surface area contributed by atoms with Crippen molar-refractivity contribution in [3.8, 4) is 0 Å². The van der Waals surface area contributed by atoms with Crippen molar-refractivity contribution in [1.29, 1.82) is 0 Å². The molecule has 0 aliphatic heterocycles. The van der Waals surface area contributed by atoms with Crippen LogP contribution in [0, 0.1) is 0 Å². The molecule has 2 aromatic rings. The number of anilines is 1. The largest absolute Gasteiger partial charge is 0.383 e. The maximum atomic E-state index is 6.14. The quantitative estimate of drug-likeness (QED) is 0.895. The van der Waals surface area contributed by atoms with Crippen LogP contribution in [-0.4, -0.2) is 28.5 Å². The lowest BCUT2D eigenvalue weighted by Crippen LogP contribution is -2.10. The van der Waals surface area contributed by atoms with Gasteiger partial charge < -0.3 is 10.5 Å². The number of ether oxygens (including phenoxy) is 1. The third kappa shape index (κ3) is 2.80. The highest BCUT2D eigenvalue weighted by Gasteiger charge is 2.11. The van der Waals surface area contributed by atoms with E-state index in [1.807, 2.05) is 16.8 Å². The molecule has 6 heteroatoms. The second kappa shape index (κ2) is 5.84. The van der Waals surface area contributed by atoms with Crippen molar-refractivity contribution in [2.24, 2.45) is 0 Å². The van der Waals surface area contributed by atoms with Gasteiger partial charge in [-0.1, -0.05) is 17.7 Å². The Bertz CT molecular complexity index is 527. The second-order valence-corrected chi connectivity index (χ2v) is 4.29. The summed E-state index contributed by atoms with van der Waals surface area (Å²) in [5.41, 5.74) is 7.70. The van der Waals surface area contributed by atoms with Crippen LogP contribution < -0.4 is 5.73 Å². The molecule has 0 unspecified atom stereocenters. The van der Waals surface area contributed by atoms with Crippen LogP contribution in [0.15, 0.2) is 24.5 Å². The first-order chi connectivity index (χ1) is 8.72. The van der Waals surface area contributed by atoms with E-state index in [2.05, 4.69) is 10.1 Å². The summed E-state index contributed by atoms with van der Waals surface area (Å²) in [4.78, 5) is 4.06. The molecule has 0 saturated carbocycles. The van der Waals surface area contributed by atoms with Crippen molar-refractivity contribution in [2.75, 3.05) is 19.5 Å². The van der Waals surface area contributed by atoms with Crippen LogP contribution in [-0.2, 0) is 17.7 Å². The maximum Gasteiger partial charge on any atom is 0.126 e. The van der Waals surface area contributed by atoms with E-state index in [1.165, 1.54) is 0 Å². The normalized spacial score (nSPS) is 10.8. The third-order valence-electron chi connectivity index (χ3n) is 2.69. The molecule has 0 saturated heterocycles. The zero-order valence-corrected chi connectivity index (χ0v) is 10.9. The van der Waals surface area contributed by atoms with Gasteiger partial charge in [0.1, 0.15) is 5.82 Å². The average Bonchev–Trinajstić information content (AvgIpc) is 2.71. The first kappa shape index (κ1) is 12.9. The van der Waals surface area contributed by atoms with Crippen molar-refractivity contribution in [3.63, 3.8) is 0 Å². The SMILES string of the molecule is COCCn1ncc(Cl)c1Cc1cccnc1N. The first-order valence-corrected chi connectivity index (χ1v) is 5.98. The molecular formula is C12H15ClN4O. The molecule has 18 heavy (non-hydrogen) atoms. The summed E-state index contributed by atoms with van der Waals surface area (Å²) in [5.74, 6) is 0.521. The molecule has 0 aliphatic carbocycles. The number of halogens is 1. The first-order valence-electron chi connectivity index (χ1n) is 5.61. The Morgan fingerprint density at radius 1 is 1.50 bits per heavy atom. The standard InChI is InChI=1S/C12H15ClN4O/c1-18-6-5-17-11(10(13)8-16-17)7-9-3-2-4-15-12(9)14/h2-4,8H,5-7H2,1H3,(H2,14,15). The summed E-state index contributed by atoms with van der Waals surface area (Å²) in [7, 11) is 1.66. The number of nitrogens with zero attached hydrogens (tertiary/aromatic N) is 3. The summed E-state index contributed by atoms with van der Waals surface area (Å²) in [6.07, 6.45) is 3.92. The van der Waals surface area contributed by atoms with Gasteiger partial charge in [-0.25, -0.2) is 4.98 Å². The molecule has 0 aromatic carbocycles. The lowest BCUT2D eigenvalue weighted by molar-refractivity contribution is 0.182. The van der Waals surface area contributed by atoms with E-state index in [4.69, 9.17) is 22.1 Å². The van der Waals surface area contributed by atoms with Gasteiger partial charge in [-0.3, -0.25) is 4.68 Å². The van der Waals surface area contributed by atoms with Crippen LogP contribution in [0.3, 0.4) is 0 Å². The zero-order chi connectivity index (χ0) is 13.0. The fourth-order valence-corrected chi connectivity index (χ4v) is 1.92. The Morgan fingerprint density at radius 3 is 3.06 bits per heavy atom. The summed E-state index contributed by atoms with van der Waals surface area (Å²) in [6, 6.07) is 3.79. The van der Waals surface area contributed by atoms with E-state index >= 15 is 0 Å². The molecule has 2 aromatic heterocycles. The van der Waals surface area contributed by atoms with E-state index in [-0.39, 0.29) is 0 Å². The average molecular weight is 267 g/mol. The van der Waals surface area contributed by atoms with Gasteiger partial charge >= 0.3 is 0 Å². The molecule has 2 N–H and O–H groups in total. The number of pyridine rings is 1. The summed E-state index contributed by atoms with van der Waals surface area (Å²) in [5, 5.41) is 4.86. The number of hydrogen-bond acceptors (Lipinski definition) is 4. The number of rotatable bonds is 5. The van der Waals surface area contributed by atoms with E-state index < -0.39 is 0 Å². The molecule has 96 valence electrons. The molecule has 0 radical (unpaired) electrons. The molecule has 0 fully saturated rings. The minimum Gasteiger partial charge on any atom is -0.383 e. The fourth-order valence-electron chi connectivity index (χ4n) is 1.71. The highest BCUT2D eigenvalue weighted by molar-refractivity contribution is 6.31. The van der Waals surface area contributed by atoms with E-state index in [0.29, 0.717) is 30.4 Å². The van der Waals surface area contributed by atoms with Gasteiger partial charge in [-0.15, -0.1) is 0 Å².